The number of rotatable bonds is 11. The third kappa shape index (κ3) is 6.35. The summed E-state index contributed by atoms with van der Waals surface area (Å²) in [7, 11) is -3.83. The normalized spacial score (nSPS) is 11.3. The Morgan fingerprint density at radius 3 is 2.22 bits per heavy atom. The Balaban J connectivity index is 1.72. The fourth-order valence-corrected chi connectivity index (χ4v) is 4.38. The number of hydrogen-bond acceptors (Lipinski definition) is 6. The highest BCUT2D eigenvalue weighted by Crippen LogP contribution is 2.22. The molecule has 1 aromatic heterocycles. The molecule has 0 saturated carbocycles. The van der Waals surface area contributed by atoms with Gasteiger partial charge in [-0.1, -0.05) is 0 Å². The molecule has 2 aromatic carbocycles. The van der Waals surface area contributed by atoms with Crippen LogP contribution in [0.1, 0.15) is 19.6 Å². The lowest BCUT2D eigenvalue weighted by molar-refractivity contribution is -0.114. The minimum atomic E-state index is -3.83. The standard InChI is InChI=1S/C23H26N2O6S/c1-3-29-20-8-10-21(11-9-20)31-16-14-25(17-22-5-4-15-30-22)32(27,28)23-12-6-19(7-13-23)24-18(2)26/h4-13,15H,3,14,16-17H2,1-2H3,(H,24,26). The fourth-order valence-electron chi connectivity index (χ4n) is 2.99. The van der Waals surface area contributed by atoms with E-state index in [4.69, 9.17) is 13.9 Å². The van der Waals surface area contributed by atoms with Gasteiger partial charge in [0.25, 0.3) is 0 Å². The van der Waals surface area contributed by atoms with Crippen LogP contribution < -0.4 is 14.8 Å². The zero-order valence-corrected chi connectivity index (χ0v) is 18.8. The van der Waals surface area contributed by atoms with Crippen LogP contribution in [0.5, 0.6) is 11.5 Å². The van der Waals surface area contributed by atoms with Gasteiger partial charge in [-0.3, -0.25) is 4.79 Å². The SMILES string of the molecule is CCOc1ccc(OCCN(Cc2ccco2)S(=O)(=O)c2ccc(NC(C)=O)cc2)cc1. The molecule has 3 rings (SSSR count). The minimum Gasteiger partial charge on any atom is -0.494 e. The van der Waals surface area contributed by atoms with E-state index in [2.05, 4.69) is 5.32 Å². The number of nitrogens with zero attached hydrogens (tertiary/aromatic N) is 1. The summed E-state index contributed by atoms with van der Waals surface area (Å²) >= 11 is 0. The molecule has 0 aliphatic heterocycles. The Morgan fingerprint density at radius 1 is 1.00 bits per heavy atom. The van der Waals surface area contributed by atoms with Crippen LogP contribution in [-0.4, -0.2) is 38.4 Å². The molecule has 8 nitrogen and oxygen atoms in total. The molecule has 0 saturated heterocycles. The van der Waals surface area contributed by atoms with E-state index in [0.29, 0.717) is 23.8 Å². The van der Waals surface area contributed by atoms with Crippen LogP contribution in [0.25, 0.3) is 0 Å². The van der Waals surface area contributed by atoms with E-state index >= 15 is 0 Å². The highest BCUT2D eigenvalue weighted by molar-refractivity contribution is 7.89. The van der Waals surface area contributed by atoms with Gasteiger partial charge in [-0.2, -0.15) is 4.31 Å². The number of nitrogens with one attached hydrogen (secondary N) is 1. The first-order valence-electron chi connectivity index (χ1n) is 10.1. The third-order valence-corrected chi connectivity index (χ3v) is 6.33. The van der Waals surface area contributed by atoms with Crippen LogP contribution in [0.15, 0.2) is 76.2 Å². The van der Waals surface area contributed by atoms with Crippen molar-refractivity contribution in [2.75, 3.05) is 25.1 Å². The summed E-state index contributed by atoms with van der Waals surface area (Å²) in [6.45, 7) is 4.20. The van der Waals surface area contributed by atoms with Crippen molar-refractivity contribution in [3.05, 3.63) is 72.7 Å². The van der Waals surface area contributed by atoms with Gasteiger partial charge < -0.3 is 19.2 Å². The predicted octanol–water partition coefficient (Wildman–Crippen LogP) is 3.91. The summed E-state index contributed by atoms with van der Waals surface area (Å²) in [6, 6.07) is 16.6. The lowest BCUT2D eigenvalue weighted by Gasteiger charge is -2.21. The molecule has 0 fully saturated rings. The second-order valence-corrected chi connectivity index (χ2v) is 8.81. The van der Waals surface area contributed by atoms with Gasteiger partial charge in [0.2, 0.25) is 15.9 Å². The molecule has 1 N–H and O–H groups in total. The van der Waals surface area contributed by atoms with Gasteiger partial charge in [-0.05, 0) is 67.6 Å². The molecular weight excluding hydrogens is 432 g/mol. The summed E-state index contributed by atoms with van der Waals surface area (Å²) < 4.78 is 44.4. The van der Waals surface area contributed by atoms with Gasteiger partial charge in [-0.25, -0.2) is 8.42 Å². The average molecular weight is 459 g/mol. The molecule has 1 heterocycles. The van der Waals surface area contributed by atoms with Crippen LogP contribution in [0.3, 0.4) is 0 Å². The largest absolute Gasteiger partial charge is 0.494 e. The zero-order valence-electron chi connectivity index (χ0n) is 18.0. The predicted molar refractivity (Wildman–Crippen MR) is 120 cm³/mol. The molecule has 0 bridgehead atoms. The van der Waals surface area contributed by atoms with Crippen molar-refractivity contribution < 1.29 is 27.1 Å². The number of benzene rings is 2. The molecule has 9 heteroatoms. The quantitative estimate of drug-likeness (QED) is 0.468. The molecule has 32 heavy (non-hydrogen) atoms. The second-order valence-electron chi connectivity index (χ2n) is 6.88. The first kappa shape index (κ1) is 23.4. The molecule has 0 radical (unpaired) electrons. The molecule has 1 amide bonds. The van der Waals surface area contributed by atoms with Crippen molar-refractivity contribution in [2.45, 2.75) is 25.3 Å². The average Bonchev–Trinajstić information content (AvgIpc) is 3.28. The Kier molecular flexibility index (Phi) is 7.91. The highest BCUT2D eigenvalue weighted by Gasteiger charge is 2.25. The number of sulfonamides is 1. The van der Waals surface area contributed by atoms with E-state index in [1.807, 2.05) is 6.92 Å². The smallest absolute Gasteiger partial charge is 0.243 e. The van der Waals surface area contributed by atoms with Crippen LogP contribution in [0.4, 0.5) is 5.69 Å². The Morgan fingerprint density at radius 2 is 1.66 bits per heavy atom. The number of amides is 1. The van der Waals surface area contributed by atoms with E-state index in [1.165, 1.54) is 29.6 Å². The Bertz CT molecular complexity index is 1090. The van der Waals surface area contributed by atoms with Crippen molar-refractivity contribution in [1.29, 1.82) is 0 Å². The van der Waals surface area contributed by atoms with E-state index in [9.17, 15) is 13.2 Å². The molecular formula is C23H26N2O6S. The van der Waals surface area contributed by atoms with Crippen LogP contribution in [0, 0.1) is 0 Å². The summed E-state index contributed by atoms with van der Waals surface area (Å²) in [6.07, 6.45) is 1.50. The van der Waals surface area contributed by atoms with Gasteiger partial charge in [0.1, 0.15) is 23.9 Å². The van der Waals surface area contributed by atoms with Crippen LogP contribution in [0.2, 0.25) is 0 Å². The molecule has 0 atom stereocenters. The number of ether oxygens (including phenoxy) is 2. The van der Waals surface area contributed by atoms with E-state index < -0.39 is 10.0 Å². The van der Waals surface area contributed by atoms with Crippen molar-refractivity contribution in [2.24, 2.45) is 0 Å². The van der Waals surface area contributed by atoms with Crippen molar-refractivity contribution in [3.8, 4) is 11.5 Å². The first-order chi connectivity index (χ1) is 15.4. The molecule has 3 aromatic rings. The Labute approximate surface area is 187 Å². The summed E-state index contributed by atoms with van der Waals surface area (Å²) in [4.78, 5) is 11.3. The number of hydrogen-bond donors (Lipinski definition) is 1. The molecule has 0 aliphatic carbocycles. The fraction of sp³-hybridized carbons (Fsp3) is 0.261. The molecule has 0 unspecified atom stereocenters. The maximum atomic E-state index is 13.3. The van der Waals surface area contributed by atoms with Gasteiger partial charge in [0, 0.05) is 19.2 Å². The summed E-state index contributed by atoms with van der Waals surface area (Å²) in [5.41, 5.74) is 0.521. The van der Waals surface area contributed by atoms with E-state index in [0.717, 1.165) is 5.75 Å². The summed E-state index contributed by atoms with van der Waals surface area (Å²) in [5.74, 6) is 1.64. The van der Waals surface area contributed by atoms with Crippen LogP contribution in [-0.2, 0) is 21.4 Å². The maximum absolute atomic E-state index is 13.3. The second kappa shape index (κ2) is 10.8. The first-order valence-corrected chi connectivity index (χ1v) is 11.6. The monoisotopic (exact) mass is 458 g/mol. The van der Waals surface area contributed by atoms with Crippen molar-refractivity contribution in [1.82, 2.24) is 4.31 Å². The summed E-state index contributed by atoms with van der Waals surface area (Å²) in [5, 5.41) is 2.62. The van der Waals surface area contributed by atoms with Crippen molar-refractivity contribution >= 4 is 21.6 Å². The molecule has 0 spiro atoms. The zero-order chi connectivity index (χ0) is 23.0. The van der Waals surface area contributed by atoms with Gasteiger partial charge in [-0.15, -0.1) is 0 Å². The van der Waals surface area contributed by atoms with Gasteiger partial charge in [0.15, 0.2) is 0 Å². The molecule has 170 valence electrons. The van der Waals surface area contributed by atoms with Crippen LogP contribution >= 0.6 is 0 Å². The van der Waals surface area contributed by atoms with Gasteiger partial charge in [0.05, 0.1) is 24.3 Å². The third-order valence-electron chi connectivity index (χ3n) is 4.47. The van der Waals surface area contributed by atoms with E-state index in [-0.39, 0.29) is 30.5 Å². The number of carbonyl (C=O) groups excluding carboxylic acids is 1. The number of anilines is 1. The lowest BCUT2D eigenvalue weighted by atomic mass is 10.3. The highest BCUT2D eigenvalue weighted by atomic mass is 32.2. The Hall–Kier alpha value is -3.30. The van der Waals surface area contributed by atoms with Crippen molar-refractivity contribution in [3.63, 3.8) is 0 Å². The van der Waals surface area contributed by atoms with Gasteiger partial charge >= 0.3 is 0 Å². The topological polar surface area (TPSA) is 98.1 Å². The number of furan rings is 1. The minimum absolute atomic E-state index is 0.0649. The van der Waals surface area contributed by atoms with E-state index in [1.54, 1.807) is 48.5 Å². The lowest BCUT2D eigenvalue weighted by Crippen LogP contribution is -2.34. The molecule has 0 aliphatic rings. The maximum Gasteiger partial charge on any atom is 0.243 e. The number of carbonyl (C=O) groups is 1.